The first-order valence-electron chi connectivity index (χ1n) is 7.05. The van der Waals surface area contributed by atoms with E-state index in [-0.39, 0.29) is 11.3 Å². The van der Waals surface area contributed by atoms with Gasteiger partial charge in [0.1, 0.15) is 0 Å². The maximum atomic E-state index is 11.3. The first kappa shape index (κ1) is 16.1. The van der Waals surface area contributed by atoms with Gasteiger partial charge in [0, 0.05) is 11.6 Å². The summed E-state index contributed by atoms with van der Waals surface area (Å²) in [6, 6.07) is 2.66. The Kier molecular flexibility index (Phi) is 6.15. The zero-order chi connectivity index (χ0) is 15.1. The van der Waals surface area contributed by atoms with Crippen molar-refractivity contribution in [2.75, 3.05) is 0 Å². The molecule has 0 aliphatic rings. The zero-order valence-corrected chi connectivity index (χ0v) is 12.0. The van der Waals surface area contributed by atoms with Gasteiger partial charge in [0.25, 0.3) is 5.69 Å². The van der Waals surface area contributed by atoms with E-state index in [0.29, 0.717) is 24.0 Å². The molecule has 0 heterocycles. The Hall–Kier alpha value is -1.91. The summed E-state index contributed by atoms with van der Waals surface area (Å²) in [4.78, 5) is 21.9. The van der Waals surface area contributed by atoms with Gasteiger partial charge < -0.3 is 5.11 Å². The average molecular weight is 279 g/mol. The second-order valence-electron chi connectivity index (χ2n) is 4.82. The van der Waals surface area contributed by atoms with Crippen molar-refractivity contribution in [1.29, 1.82) is 0 Å². The van der Waals surface area contributed by atoms with Gasteiger partial charge in [-0.1, -0.05) is 33.1 Å². The summed E-state index contributed by atoms with van der Waals surface area (Å²) in [5.74, 6) is -1.01. The number of nitrogens with zero attached hydrogens (tertiary/aromatic N) is 1. The quantitative estimate of drug-likeness (QED) is 0.443. The Morgan fingerprint density at radius 2 is 1.90 bits per heavy atom. The Morgan fingerprint density at radius 1 is 1.20 bits per heavy atom. The number of carboxylic acids is 1. The van der Waals surface area contributed by atoms with Crippen LogP contribution in [-0.4, -0.2) is 16.0 Å². The van der Waals surface area contributed by atoms with Crippen molar-refractivity contribution < 1.29 is 14.8 Å². The van der Waals surface area contributed by atoms with E-state index in [9.17, 15) is 20.0 Å². The number of carbonyl (C=O) groups is 1. The molecular formula is C15H21NO4. The molecule has 0 spiro atoms. The van der Waals surface area contributed by atoms with Crippen LogP contribution in [0.3, 0.4) is 0 Å². The van der Waals surface area contributed by atoms with Gasteiger partial charge in [-0.3, -0.25) is 10.1 Å². The van der Waals surface area contributed by atoms with Crippen LogP contribution in [0.4, 0.5) is 5.69 Å². The smallest absolute Gasteiger partial charge is 0.335 e. The first-order chi connectivity index (χ1) is 9.52. The second kappa shape index (κ2) is 7.62. The summed E-state index contributed by atoms with van der Waals surface area (Å²) in [5.41, 5.74) is 1.42. The Bertz CT molecular complexity index is 497. The number of nitro benzene ring substituents is 1. The highest BCUT2D eigenvalue weighted by Crippen LogP contribution is 2.28. The minimum atomic E-state index is -1.01. The largest absolute Gasteiger partial charge is 0.478 e. The molecule has 0 aliphatic heterocycles. The lowest BCUT2D eigenvalue weighted by Gasteiger charge is -2.12. The van der Waals surface area contributed by atoms with Crippen molar-refractivity contribution in [3.8, 4) is 0 Å². The number of nitro groups is 1. The summed E-state index contributed by atoms with van der Waals surface area (Å²) >= 11 is 0. The van der Waals surface area contributed by atoms with Crippen LogP contribution in [0, 0.1) is 10.1 Å². The minimum absolute atomic E-state index is 0.0305. The number of hydrogen-bond acceptors (Lipinski definition) is 3. The number of carboxylic acid groups (broad SMARTS) is 1. The molecule has 0 saturated carbocycles. The lowest BCUT2D eigenvalue weighted by Crippen LogP contribution is -2.08. The highest BCUT2D eigenvalue weighted by Gasteiger charge is 2.21. The van der Waals surface area contributed by atoms with E-state index in [1.165, 1.54) is 12.1 Å². The highest BCUT2D eigenvalue weighted by molar-refractivity contribution is 5.90. The molecule has 0 bridgehead atoms. The third-order valence-electron chi connectivity index (χ3n) is 3.47. The third-order valence-corrected chi connectivity index (χ3v) is 3.47. The monoisotopic (exact) mass is 279 g/mol. The van der Waals surface area contributed by atoms with E-state index in [4.69, 9.17) is 0 Å². The fourth-order valence-corrected chi connectivity index (χ4v) is 2.46. The zero-order valence-electron chi connectivity index (χ0n) is 12.0. The first-order valence-corrected chi connectivity index (χ1v) is 7.05. The van der Waals surface area contributed by atoms with Gasteiger partial charge in [-0.05, 0) is 30.9 Å². The molecule has 1 aromatic carbocycles. The van der Waals surface area contributed by atoms with Crippen molar-refractivity contribution in [1.82, 2.24) is 0 Å². The van der Waals surface area contributed by atoms with Crippen LogP contribution in [0.2, 0.25) is 0 Å². The lowest BCUT2D eigenvalue weighted by atomic mass is 9.93. The Labute approximate surface area is 118 Å². The molecule has 0 aromatic heterocycles. The predicted molar refractivity (Wildman–Crippen MR) is 77.3 cm³/mol. The van der Waals surface area contributed by atoms with E-state index in [2.05, 4.69) is 6.92 Å². The van der Waals surface area contributed by atoms with Crippen LogP contribution in [0.5, 0.6) is 0 Å². The van der Waals surface area contributed by atoms with Crippen molar-refractivity contribution >= 4 is 11.7 Å². The van der Waals surface area contributed by atoms with Gasteiger partial charge in [0.15, 0.2) is 0 Å². The predicted octanol–water partition coefficient (Wildman–Crippen LogP) is 3.98. The second-order valence-corrected chi connectivity index (χ2v) is 4.82. The molecule has 5 nitrogen and oxygen atoms in total. The van der Waals surface area contributed by atoms with Crippen molar-refractivity contribution in [2.24, 2.45) is 0 Å². The number of rotatable bonds is 8. The van der Waals surface area contributed by atoms with Crippen molar-refractivity contribution in [3.63, 3.8) is 0 Å². The summed E-state index contributed by atoms with van der Waals surface area (Å²) in [5, 5.41) is 20.3. The number of unbranched alkanes of at least 4 members (excludes halogenated alkanes) is 3. The molecule has 0 amide bonds. The van der Waals surface area contributed by atoms with Gasteiger partial charge in [-0.2, -0.15) is 0 Å². The van der Waals surface area contributed by atoms with Gasteiger partial charge in [-0.25, -0.2) is 4.79 Å². The molecule has 20 heavy (non-hydrogen) atoms. The van der Waals surface area contributed by atoms with Crippen LogP contribution in [0.25, 0.3) is 0 Å². The van der Waals surface area contributed by atoms with Crippen LogP contribution < -0.4 is 0 Å². The summed E-state index contributed by atoms with van der Waals surface area (Å²) < 4.78 is 0. The topological polar surface area (TPSA) is 80.4 Å². The minimum Gasteiger partial charge on any atom is -0.478 e. The van der Waals surface area contributed by atoms with E-state index in [1.807, 2.05) is 6.92 Å². The van der Waals surface area contributed by atoms with E-state index in [0.717, 1.165) is 25.7 Å². The lowest BCUT2D eigenvalue weighted by molar-refractivity contribution is -0.385. The van der Waals surface area contributed by atoms with Gasteiger partial charge >= 0.3 is 5.97 Å². The molecule has 0 aliphatic carbocycles. The maximum absolute atomic E-state index is 11.3. The molecule has 5 heteroatoms. The molecule has 1 rings (SSSR count). The van der Waals surface area contributed by atoms with Crippen LogP contribution in [0.15, 0.2) is 12.1 Å². The molecule has 1 N–H and O–H groups in total. The molecule has 0 fully saturated rings. The number of aromatic carboxylic acids is 1. The number of hydrogen-bond donors (Lipinski definition) is 1. The molecule has 0 unspecified atom stereocenters. The van der Waals surface area contributed by atoms with E-state index >= 15 is 0 Å². The fourth-order valence-electron chi connectivity index (χ4n) is 2.46. The highest BCUT2D eigenvalue weighted by atomic mass is 16.6. The van der Waals surface area contributed by atoms with Crippen molar-refractivity contribution in [2.45, 2.75) is 52.4 Å². The molecule has 0 atom stereocenters. The van der Waals surface area contributed by atoms with Gasteiger partial charge in [0.2, 0.25) is 0 Å². The van der Waals surface area contributed by atoms with E-state index in [1.54, 1.807) is 0 Å². The SMILES string of the molecule is CCCCCCc1c(C(=O)O)ccc([N+](=O)[O-])c1CC. The summed E-state index contributed by atoms with van der Waals surface area (Å²) in [6.07, 6.45) is 5.14. The molecule has 110 valence electrons. The third kappa shape index (κ3) is 3.79. The Balaban J connectivity index is 3.15. The van der Waals surface area contributed by atoms with Crippen LogP contribution in [-0.2, 0) is 12.8 Å². The fraction of sp³-hybridized carbons (Fsp3) is 0.533. The summed E-state index contributed by atoms with van der Waals surface area (Å²) in [6.45, 7) is 3.93. The maximum Gasteiger partial charge on any atom is 0.335 e. The summed E-state index contributed by atoms with van der Waals surface area (Å²) in [7, 11) is 0. The normalized spacial score (nSPS) is 10.5. The van der Waals surface area contributed by atoms with E-state index < -0.39 is 10.9 Å². The standard InChI is InChI=1S/C15H21NO4/c1-3-5-6-7-8-12-11(4-2)14(16(19)20)10-9-13(12)15(17)18/h9-10H,3-8H2,1-2H3,(H,17,18). The van der Waals surface area contributed by atoms with Gasteiger partial charge in [0.05, 0.1) is 10.5 Å². The van der Waals surface area contributed by atoms with Gasteiger partial charge in [-0.15, -0.1) is 0 Å². The molecular weight excluding hydrogens is 258 g/mol. The van der Waals surface area contributed by atoms with Crippen LogP contribution >= 0.6 is 0 Å². The number of benzene rings is 1. The molecule has 0 saturated heterocycles. The average Bonchev–Trinajstić information content (AvgIpc) is 2.42. The van der Waals surface area contributed by atoms with Crippen molar-refractivity contribution in [3.05, 3.63) is 38.9 Å². The molecule has 1 aromatic rings. The van der Waals surface area contributed by atoms with Crippen LogP contribution in [0.1, 0.15) is 61.0 Å². The Morgan fingerprint density at radius 3 is 2.40 bits per heavy atom. The molecule has 0 radical (unpaired) electrons.